The topological polar surface area (TPSA) is 48.2 Å². The number of nitriles is 1. The van der Waals surface area contributed by atoms with Crippen LogP contribution in [0.4, 0.5) is 5.69 Å². The van der Waals surface area contributed by atoms with Crippen LogP contribution >= 0.6 is 11.8 Å². The Kier molecular flexibility index (Phi) is 3.85. The molecule has 0 saturated carbocycles. The van der Waals surface area contributed by atoms with E-state index >= 15 is 0 Å². The van der Waals surface area contributed by atoms with Crippen LogP contribution in [0.5, 0.6) is 0 Å². The van der Waals surface area contributed by atoms with Crippen molar-refractivity contribution in [3.63, 3.8) is 0 Å². The summed E-state index contributed by atoms with van der Waals surface area (Å²) in [5, 5.41) is 14.1. The van der Waals surface area contributed by atoms with Crippen molar-refractivity contribution < 1.29 is 0 Å². The maximum atomic E-state index is 8.65. The molecule has 90 valence electrons. The molecule has 0 spiro atoms. The SMILES string of the molecule is CSC(=Nc1ccc(C)c2ccccc12)NC#N. The third-order valence-corrected chi connectivity index (χ3v) is 3.28. The van der Waals surface area contributed by atoms with Crippen LogP contribution in [0.25, 0.3) is 10.8 Å². The molecule has 3 nitrogen and oxygen atoms in total. The summed E-state index contributed by atoms with van der Waals surface area (Å²) in [5.41, 5.74) is 2.10. The first-order valence-corrected chi connectivity index (χ1v) is 6.75. The molecule has 2 aromatic rings. The van der Waals surface area contributed by atoms with Gasteiger partial charge in [0.25, 0.3) is 0 Å². The summed E-state index contributed by atoms with van der Waals surface area (Å²) in [6, 6.07) is 12.2. The molecule has 0 heterocycles. The second kappa shape index (κ2) is 5.56. The van der Waals surface area contributed by atoms with Gasteiger partial charge >= 0.3 is 0 Å². The monoisotopic (exact) mass is 255 g/mol. The lowest BCUT2D eigenvalue weighted by Gasteiger charge is -2.06. The smallest absolute Gasteiger partial charge is 0.183 e. The average molecular weight is 255 g/mol. The maximum Gasteiger partial charge on any atom is 0.183 e. The Labute approximate surface area is 111 Å². The van der Waals surface area contributed by atoms with Crippen LogP contribution in [0.2, 0.25) is 0 Å². The zero-order valence-corrected chi connectivity index (χ0v) is 11.1. The van der Waals surface area contributed by atoms with Gasteiger partial charge in [0.05, 0.1) is 5.69 Å². The minimum atomic E-state index is 0.603. The summed E-state index contributed by atoms with van der Waals surface area (Å²) in [7, 11) is 0. The van der Waals surface area contributed by atoms with Crippen molar-refractivity contribution in [3.8, 4) is 6.19 Å². The lowest BCUT2D eigenvalue weighted by Crippen LogP contribution is -2.12. The highest BCUT2D eigenvalue weighted by Gasteiger charge is 2.03. The van der Waals surface area contributed by atoms with E-state index < -0.39 is 0 Å². The van der Waals surface area contributed by atoms with Crippen LogP contribution in [-0.4, -0.2) is 11.4 Å². The molecule has 0 fully saturated rings. The largest absolute Gasteiger partial charge is 0.271 e. The summed E-state index contributed by atoms with van der Waals surface area (Å²) >= 11 is 1.42. The lowest BCUT2D eigenvalue weighted by molar-refractivity contribution is 1.28. The van der Waals surface area contributed by atoms with Crippen LogP contribution in [0, 0.1) is 18.4 Å². The molecule has 0 aliphatic heterocycles. The Morgan fingerprint density at radius 2 is 1.94 bits per heavy atom. The highest BCUT2D eigenvalue weighted by atomic mass is 32.2. The van der Waals surface area contributed by atoms with E-state index in [9.17, 15) is 0 Å². The van der Waals surface area contributed by atoms with Gasteiger partial charge in [-0.25, -0.2) is 4.99 Å². The van der Waals surface area contributed by atoms with Gasteiger partial charge in [0.1, 0.15) is 0 Å². The van der Waals surface area contributed by atoms with Gasteiger partial charge in [-0.1, -0.05) is 42.1 Å². The Morgan fingerprint density at radius 1 is 1.22 bits per heavy atom. The Hall–Kier alpha value is -1.99. The summed E-state index contributed by atoms with van der Waals surface area (Å²) in [4.78, 5) is 4.48. The van der Waals surface area contributed by atoms with Gasteiger partial charge in [-0.15, -0.1) is 0 Å². The number of benzene rings is 2. The second-order valence-electron chi connectivity index (χ2n) is 3.81. The number of nitrogens with zero attached hydrogens (tertiary/aromatic N) is 2. The molecule has 1 N–H and O–H groups in total. The number of nitrogens with one attached hydrogen (secondary N) is 1. The van der Waals surface area contributed by atoms with Crippen molar-refractivity contribution >= 4 is 33.4 Å². The molecular weight excluding hydrogens is 242 g/mol. The average Bonchev–Trinajstić information content (AvgIpc) is 2.41. The first kappa shape index (κ1) is 12.5. The summed E-state index contributed by atoms with van der Waals surface area (Å²) in [5.74, 6) is 0. The van der Waals surface area contributed by atoms with Crippen LogP contribution in [-0.2, 0) is 0 Å². The Morgan fingerprint density at radius 3 is 2.61 bits per heavy atom. The molecule has 4 heteroatoms. The summed E-state index contributed by atoms with van der Waals surface area (Å²) < 4.78 is 0. The van der Waals surface area contributed by atoms with Crippen molar-refractivity contribution in [2.75, 3.05) is 6.26 Å². The number of aryl methyl sites for hydroxylation is 1. The van der Waals surface area contributed by atoms with Crippen molar-refractivity contribution in [1.29, 1.82) is 5.26 Å². The molecule has 0 aromatic heterocycles. The van der Waals surface area contributed by atoms with E-state index in [2.05, 4.69) is 23.3 Å². The summed E-state index contributed by atoms with van der Waals surface area (Å²) in [6.45, 7) is 2.08. The standard InChI is InChI=1S/C14H13N3S/c1-10-7-8-13(17-14(18-2)16-9-15)12-6-4-3-5-11(10)12/h3-8H,1-2H3,(H,16,17). The number of rotatable bonds is 1. The second-order valence-corrected chi connectivity index (χ2v) is 4.60. The molecule has 0 aliphatic carbocycles. The number of fused-ring (bicyclic) bond motifs is 1. The molecule has 0 aliphatic rings. The van der Waals surface area contributed by atoms with Crippen molar-refractivity contribution in [2.24, 2.45) is 4.99 Å². The molecular formula is C14H13N3S. The minimum Gasteiger partial charge on any atom is -0.271 e. The van der Waals surface area contributed by atoms with Crippen LogP contribution in [0.15, 0.2) is 41.4 Å². The number of thioether (sulfide) groups is 1. The fraction of sp³-hybridized carbons (Fsp3) is 0.143. The number of hydrogen-bond acceptors (Lipinski definition) is 3. The van der Waals surface area contributed by atoms with Gasteiger partial charge < -0.3 is 0 Å². The summed E-state index contributed by atoms with van der Waals surface area (Å²) in [6.07, 6.45) is 3.79. The molecule has 0 saturated heterocycles. The van der Waals surface area contributed by atoms with Gasteiger partial charge in [0.15, 0.2) is 11.4 Å². The van der Waals surface area contributed by atoms with Gasteiger partial charge in [-0.05, 0) is 30.2 Å². The van der Waals surface area contributed by atoms with Gasteiger partial charge in [0.2, 0.25) is 0 Å². The third-order valence-electron chi connectivity index (χ3n) is 2.70. The molecule has 2 aromatic carbocycles. The van der Waals surface area contributed by atoms with Crippen molar-refractivity contribution in [1.82, 2.24) is 5.32 Å². The van der Waals surface area contributed by atoms with E-state index in [0.717, 1.165) is 11.1 Å². The highest BCUT2D eigenvalue weighted by Crippen LogP contribution is 2.28. The van der Waals surface area contributed by atoms with E-state index in [4.69, 9.17) is 5.26 Å². The van der Waals surface area contributed by atoms with Crippen LogP contribution in [0.1, 0.15) is 5.56 Å². The molecule has 0 unspecified atom stereocenters. The van der Waals surface area contributed by atoms with E-state index in [-0.39, 0.29) is 0 Å². The fourth-order valence-corrected chi connectivity index (χ4v) is 2.15. The molecule has 0 bridgehead atoms. The zero-order chi connectivity index (χ0) is 13.0. The molecule has 0 radical (unpaired) electrons. The third kappa shape index (κ3) is 2.47. The number of aliphatic imine (C=N–C) groups is 1. The quantitative estimate of drug-likeness (QED) is 0.367. The van der Waals surface area contributed by atoms with Gasteiger partial charge in [0, 0.05) is 5.39 Å². The normalized spacial score (nSPS) is 11.3. The Balaban J connectivity index is 2.59. The van der Waals surface area contributed by atoms with Crippen molar-refractivity contribution in [2.45, 2.75) is 6.92 Å². The van der Waals surface area contributed by atoms with E-state index in [1.165, 1.54) is 22.7 Å². The highest BCUT2D eigenvalue weighted by molar-refractivity contribution is 8.13. The van der Waals surface area contributed by atoms with Gasteiger partial charge in [-0.3, -0.25) is 5.32 Å². The Bertz CT molecular complexity index is 641. The fourth-order valence-electron chi connectivity index (χ4n) is 1.81. The number of amidine groups is 1. The lowest BCUT2D eigenvalue weighted by atomic mass is 10.0. The zero-order valence-electron chi connectivity index (χ0n) is 10.3. The first-order chi connectivity index (χ1) is 8.76. The van der Waals surface area contributed by atoms with E-state index in [1.54, 1.807) is 0 Å². The van der Waals surface area contributed by atoms with Crippen LogP contribution in [0.3, 0.4) is 0 Å². The predicted molar refractivity (Wildman–Crippen MR) is 78.0 cm³/mol. The maximum absolute atomic E-state index is 8.65. The molecule has 0 amide bonds. The number of hydrogen-bond donors (Lipinski definition) is 1. The van der Waals surface area contributed by atoms with E-state index in [1.807, 2.05) is 42.8 Å². The first-order valence-electron chi connectivity index (χ1n) is 5.52. The molecule has 0 atom stereocenters. The van der Waals surface area contributed by atoms with Gasteiger partial charge in [-0.2, -0.15) is 5.26 Å². The molecule has 2 rings (SSSR count). The molecule has 18 heavy (non-hydrogen) atoms. The van der Waals surface area contributed by atoms with E-state index in [0.29, 0.717) is 5.17 Å². The predicted octanol–water partition coefficient (Wildman–Crippen LogP) is 3.57. The van der Waals surface area contributed by atoms with Crippen LogP contribution < -0.4 is 5.32 Å². The van der Waals surface area contributed by atoms with Crippen molar-refractivity contribution in [3.05, 3.63) is 42.0 Å². The minimum absolute atomic E-state index is 0.603.